The maximum atomic E-state index is 11.9. The molecule has 2 rings (SSSR count). The molecule has 1 saturated carbocycles. The van der Waals surface area contributed by atoms with Crippen LogP contribution < -0.4 is 5.32 Å². The van der Waals surface area contributed by atoms with Crippen molar-refractivity contribution in [3.8, 4) is 0 Å². The normalized spacial score (nSPS) is 23.1. The molecule has 0 unspecified atom stereocenters. The summed E-state index contributed by atoms with van der Waals surface area (Å²) in [6, 6.07) is 8.10. The van der Waals surface area contributed by atoms with Crippen LogP contribution in [0.3, 0.4) is 0 Å². The molecule has 1 aliphatic rings. The largest absolute Gasteiger partial charge is 0.391 e. The van der Waals surface area contributed by atoms with Gasteiger partial charge in [0.25, 0.3) is 0 Å². The zero-order chi connectivity index (χ0) is 13.7. The number of carbonyl (C=O) groups excluding carboxylic acids is 1. The summed E-state index contributed by atoms with van der Waals surface area (Å²) in [6.45, 7) is 2.05. The Bertz CT molecular complexity index is 419. The lowest BCUT2D eigenvalue weighted by atomic mass is 9.93. The van der Waals surface area contributed by atoms with Gasteiger partial charge in [0.1, 0.15) is 0 Å². The molecule has 19 heavy (non-hydrogen) atoms. The first-order chi connectivity index (χ1) is 9.15. The van der Waals surface area contributed by atoms with Gasteiger partial charge in [-0.25, -0.2) is 0 Å². The molecular formula is C15H21NO2S. The minimum absolute atomic E-state index is 0.0107. The summed E-state index contributed by atoms with van der Waals surface area (Å²) in [7, 11) is 0. The average molecular weight is 279 g/mol. The molecule has 4 heteroatoms. The van der Waals surface area contributed by atoms with E-state index < -0.39 is 0 Å². The van der Waals surface area contributed by atoms with Crippen molar-refractivity contribution in [1.29, 1.82) is 0 Å². The highest BCUT2D eigenvalue weighted by molar-refractivity contribution is 8.00. The Balaban J connectivity index is 1.76. The van der Waals surface area contributed by atoms with E-state index in [1.165, 1.54) is 17.3 Å². The number of thioether (sulfide) groups is 1. The van der Waals surface area contributed by atoms with Crippen molar-refractivity contribution in [2.45, 2.75) is 49.6 Å². The number of rotatable bonds is 4. The fourth-order valence-corrected chi connectivity index (χ4v) is 3.02. The molecule has 2 N–H and O–H groups in total. The van der Waals surface area contributed by atoms with Gasteiger partial charge in [0.05, 0.1) is 17.9 Å². The molecule has 0 radical (unpaired) electrons. The molecule has 2 atom stereocenters. The zero-order valence-corrected chi connectivity index (χ0v) is 12.1. The van der Waals surface area contributed by atoms with Crippen molar-refractivity contribution in [2.24, 2.45) is 0 Å². The monoisotopic (exact) mass is 279 g/mol. The molecule has 0 spiro atoms. The molecule has 0 heterocycles. The van der Waals surface area contributed by atoms with Crippen LogP contribution in [0.2, 0.25) is 0 Å². The molecule has 1 amide bonds. The van der Waals surface area contributed by atoms with Crippen LogP contribution in [0.5, 0.6) is 0 Å². The zero-order valence-electron chi connectivity index (χ0n) is 11.3. The van der Waals surface area contributed by atoms with Crippen LogP contribution in [-0.2, 0) is 4.79 Å². The van der Waals surface area contributed by atoms with Gasteiger partial charge in [0, 0.05) is 4.90 Å². The smallest absolute Gasteiger partial charge is 0.230 e. The predicted octanol–water partition coefficient (Wildman–Crippen LogP) is 2.51. The standard InChI is InChI=1S/C15H21NO2S/c1-11-6-8-12(9-7-11)19-10-15(18)16-13-4-2-3-5-14(13)17/h6-9,13-14,17H,2-5,10H2,1H3,(H,16,18)/t13-,14-/m1/s1. The fourth-order valence-electron chi connectivity index (χ4n) is 2.31. The van der Waals surface area contributed by atoms with E-state index in [1.807, 2.05) is 31.2 Å². The maximum absolute atomic E-state index is 11.9. The van der Waals surface area contributed by atoms with Crippen molar-refractivity contribution in [1.82, 2.24) is 5.32 Å². The summed E-state index contributed by atoms with van der Waals surface area (Å²) in [5.41, 5.74) is 1.22. The van der Waals surface area contributed by atoms with Gasteiger partial charge < -0.3 is 10.4 Å². The van der Waals surface area contributed by atoms with E-state index in [4.69, 9.17) is 0 Å². The highest BCUT2D eigenvalue weighted by Crippen LogP contribution is 2.20. The van der Waals surface area contributed by atoms with Crippen LogP contribution in [0.25, 0.3) is 0 Å². The first-order valence-electron chi connectivity index (χ1n) is 6.82. The van der Waals surface area contributed by atoms with Crippen LogP contribution in [0.4, 0.5) is 0 Å². The average Bonchev–Trinajstić information content (AvgIpc) is 2.41. The van der Waals surface area contributed by atoms with Crippen LogP contribution in [0.1, 0.15) is 31.2 Å². The van der Waals surface area contributed by atoms with Gasteiger partial charge in [-0.3, -0.25) is 4.79 Å². The quantitative estimate of drug-likeness (QED) is 0.833. The van der Waals surface area contributed by atoms with E-state index in [-0.39, 0.29) is 18.1 Å². The van der Waals surface area contributed by atoms with Crippen LogP contribution >= 0.6 is 11.8 Å². The lowest BCUT2D eigenvalue weighted by Gasteiger charge is -2.28. The van der Waals surface area contributed by atoms with Crippen molar-refractivity contribution in [3.05, 3.63) is 29.8 Å². The number of amides is 1. The number of nitrogens with one attached hydrogen (secondary N) is 1. The Morgan fingerprint density at radius 2 is 2.00 bits per heavy atom. The topological polar surface area (TPSA) is 49.3 Å². The van der Waals surface area contributed by atoms with Crippen molar-refractivity contribution in [3.63, 3.8) is 0 Å². The summed E-state index contributed by atoms with van der Waals surface area (Å²) in [5.74, 6) is 0.420. The molecule has 3 nitrogen and oxygen atoms in total. The minimum atomic E-state index is -0.373. The highest BCUT2D eigenvalue weighted by Gasteiger charge is 2.24. The van der Waals surface area contributed by atoms with E-state index in [0.717, 1.165) is 30.6 Å². The number of aliphatic hydroxyl groups excluding tert-OH is 1. The van der Waals surface area contributed by atoms with Gasteiger partial charge in [-0.2, -0.15) is 0 Å². The molecular weight excluding hydrogens is 258 g/mol. The van der Waals surface area contributed by atoms with Gasteiger partial charge in [0.15, 0.2) is 0 Å². The van der Waals surface area contributed by atoms with Gasteiger partial charge in [-0.15, -0.1) is 11.8 Å². The SMILES string of the molecule is Cc1ccc(SCC(=O)N[C@@H]2CCCC[C@H]2O)cc1. The molecule has 0 saturated heterocycles. The molecule has 0 aromatic heterocycles. The molecule has 0 bridgehead atoms. The Kier molecular flexibility index (Phi) is 5.28. The lowest BCUT2D eigenvalue weighted by Crippen LogP contribution is -2.45. The van der Waals surface area contributed by atoms with Crippen LogP contribution in [0.15, 0.2) is 29.2 Å². The fraction of sp³-hybridized carbons (Fsp3) is 0.533. The molecule has 1 aromatic rings. The van der Waals surface area contributed by atoms with E-state index in [9.17, 15) is 9.90 Å². The van der Waals surface area contributed by atoms with Gasteiger partial charge in [-0.1, -0.05) is 30.5 Å². The number of aryl methyl sites for hydroxylation is 1. The Labute approximate surface area is 118 Å². The van der Waals surface area contributed by atoms with E-state index >= 15 is 0 Å². The second-order valence-corrected chi connectivity index (χ2v) is 6.18. The number of hydrogen-bond acceptors (Lipinski definition) is 3. The first-order valence-corrected chi connectivity index (χ1v) is 7.80. The van der Waals surface area contributed by atoms with Crippen molar-refractivity contribution in [2.75, 3.05) is 5.75 Å². The van der Waals surface area contributed by atoms with Crippen molar-refractivity contribution >= 4 is 17.7 Å². The van der Waals surface area contributed by atoms with E-state index in [2.05, 4.69) is 5.32 Å². The van der Waals surface area contributed by atoms with Gasteiger partial charge in [-0.05, 0) is 31.9 Å². The highest BCUT2D eigenvalue weighted by atomic mass is 32.2. The summed E-state index contributed by atoms with van der Waals surface area (Å²) in [6.07, 6.45) is 3.47. The predicted molar refractivity (Wildman–Crippen MR) is 78.3 cm³/mol. The minimum Gasteiger partial charge on any atom is -0.391 e. The van der Waals surface area contributed by atoms with Gasteiger partial charge in [0.2, 0.25) is 5.91 Å². The number of aliphatic hydroxyl groups is 1. The molecule has 0 aliphatic heterocycles. The Hall–Kier alpha value is -1.00. The summed E-state index contributed by atoms with van der Waals surface area (Å²) >= 11 is 1.53. The number of carbonyl (C=O) groups is 1. The summed E-state index contributed by atoms with van der Waals surface area (Å²) < 4.78 is 0. The second kappa shape index (κ2) is 6.96. The lowest BCUT2D eigenvalue weighted by molar-refractivity contribution is -0.120. The second-order valence-electron chi connectivity index (χ2n) is 5.13. The first kappa shape index (κ1) is 14.4. The molecule has 1 fully saturated rings. The maximum Gasteiger partial charge on any atom is 0.230 e. The third-order valence-electron chi connectivity index (χ3n) is 3.47. The third kappa shape index (κ3) is 4.55. The summed E-state index contributed by atoms with van der Waals surface area (Å²) in [4.78, 5) is 13.0. The van der Waals surface area contributed by atoms with Crippen LogP contribution in [0, 0.1) is 6.92 Å². The number of hydrogen-bond donors (Lipinski definition) is 2. The Morgan fingerprint density at radius 1 is 1.32 bits per heavy atom. The third-order valence-corrected chi connectivity index (χ3v) is 4.48. The van der Waals surface area contributed by atoms with E-state index in [0.29, 0.717) is 5.75 Å². The summed E-state index contributed by atoms with van der Waals surface area (Å²) in [5, 5.41) is 12.8. The number of benzene rings is 1. The Morgan fingerprint density at radius 3 is 2.68 bits per heavy atom. The molecule has 1 aromatic carbocycles. The molecule has 1 aliphatic carbocycles. The van der Waals surface area contributed by atoms with E-state index in [1.54, 1.807) is 0 Å². The van der Waals surface area contributed by atoms with Crippen molar-refractivity contribution < 1.29 is 9.90 Å². The van der Waals surface area contributed by atoms with Crippen LogP contribution in [-0.4, -0.2) is 28.9 Å². The molecule has 104 valence electrons. The van der Waals surface area contributed by atoms with Gasteiger partial charge >= 0.3 is 0 Å².